The molecule has 1 fully saturated rings. The highest BCUT2D eigenvalue weighted by Crippen LogP contribution is 2.16. The Bertz CT molecular complexity index is 1030. The first-order chi connectivity index (χ1) is 13.7. The molecular weight excluding hydrogens is 356 g/mol. The fraction of sp³-hybridized carbons (Fsp3) is 0.400. The predicted molar refractivity (Wildman–Crippen MR) is 108 cm³/mol. The zero-order chi connectivity index (χ0) is 19.5. The molecule has 0 saturated carbocycles. The number of fused-ring (bicyclic) bond motifs is 1. The molecule has 0 amide bonds. The molecule has 1 aliphatic rings. The van der Waals surface area contributed by atoms with E-state index in [1.165, 1.54) is 0 Å². The molecule has 0 aliphatic carbocycles. The molecule has 0 radical (unpaired) electrons. The summed E-state index contributed by atoms with van der Waals surface area (Å²) in [5.74, 6) is 2.08. The lowest BCUT2D eigenvalue weighted by atomic mass is 10.2. The highest BCUT2D eigenvalue weighted by molar-refractivity contribution is 5.77. The molecule has 8 heteroatoms. The van der Waals surface area contributed by atoms with E-state index in [4.69, 9.17) is 9.72 Å². The van der Waals surface area contributed by atoms with Gasteiger partial charge in [0.15, 0.2) is 0 Å². The first kappa shape index (κ1) is 18.4. The Labute approximate surface area is 163 Å². The van der Waals surface area contributed by atoms with Crippen LogP contribution in [0.3, 0.4) is 0 Å². The van der Waals surface area contributed by atoms with E-state index in [0.29, 0.717) is 30.4 Å². The molecule has 28 heavy (non-hydrogen) atoms. The van der Waals surface area contributed by atoms with Gasteiger partial charge in [-0.3, -0.25) is 14.3 Å². The van der Waals surface area contributed by atoms with Gasteiger partial charge in [0.05, 0.1) is 24.1 Å². The first-order valence-corrected chi connectivity index (χ1v) is 9.53. The lowest BCUT2D eigenvalue weighted by Gasteiger charge is -2.34. The van der Waals surface area contributed by atoms with Crippen molar-refractivity contribution in [1.82, 2.24) is 24.4 Å². The van der Waals surface area contributed by atoms with Gasteiger partial charge in [0.2, 0.25) is 11.8 Å². The fourth-order valence-corrected chi connectivity index (χ4v) is 3.42. The summed E-state index contributed by atoms with van der Waals surface area (Å²) in [6, 6.07) is 9.26. The summed E-state index contributed by atoms with van der Waals surface area (Å²) >= 11 is 0. The second-order valence-corrected chi connectivity index (χ2v) is 6.80. The van der Waals surface area contributed by atoms with E-state index in [1.54, 1.807) is 23.9 Å². The van der Waals surface area contributed by atoms with Crippen LogP contribution in [-0.4, -0.2) is 57.2 Å². The third-order valence-electron chi connectivity index (χ3n) is 5.01. The number of nitrogens with zero attached hydrogens (tertiary/aromatic N) is 6. The molecular formula is C20H24N6O2. The Hall–Kier alpha value is -3.00. The van der Waals surface area contributed by atoms with Crippen LogP contribution in [0.1, 0.15) is 12.7 Å². The average Bonchev–Trinajstić information content (AvgIpc) is 2.73. The number of para-hydroxylation sites is 1. The number of aromatic nitrogens is 4. The molecule has 1 saturated heterocycles. The molecule has 0 N–H and O–H groups in total. The third-order valence-corrected chi connectivity index (χ3v) is 5.01. The Balaban J connectivity index is 1.45. The van der Waals surface area contributed by atoms with E-state index in [9.17, 15) is 4.79 Å². The summed E-state index contributed by atoms with van der Waals surface area (Å²) in [6.07, 6.45) is 1.73. The number of benzene rings is 1. The van der Waals surface area contributed by atoms with E-state index >= 15 is 0 Å². The van der Waals surface area contributed by atoms with Crippen molar-refractivity contribution in [3.8, 4) is 5.88 Å². The Morgan fingerprint density at radius 1 is 1.07 bits per heavy atom. The van der Waals surface area contributed by atoms with E-state index < -0.39 is 0 Å². The van der Waals surface area contributed by atoms with Crippen molar-refractivity contribution < 1.29 is 4.74 Å². The number of anilines is 1. The fourth-order valence-electron chi connectivity index (χ4n) is 3.42. The van der Waals surface area contributed by atoms with Crippen LogP contribution >= 0.6 is 0 Å². The summed E-state index contributed by atoms with van der Waals surface area (Å²) < 4.78 is 7.12. The second-order valence-electron chi connectivity index (χ2n) is 6.80. The van der Waals surface area contributed by atoms with Gasteiger partial charge < -0.3 is 9.64 Å². The molecule has 0 atom stereocenters. The SMILES string of the molecule is CCOc1ccnc(N2CCN(Cc3nc4ccccc4c(=O)n3C)CC2)n1. The number of hydrogen-bond acceptors (Lipinski definition) is 7. The van der Waals surface area contributed by atoms with Crippen molar-refractivity contribution in [3.63, 3.8) is 0 Å². The lowest BCUT2D eigenvalue weighted by Crippen LogP contribution is -2.47. The molecule has 4 rings (SSSR count). The van der Waals surface area contributed by atoms with Crippen LogP contribution in [0.5, 0.6) is 5.88 Å². The van der Waals surface area contributed by atoms with Crippen LogP contribution in [0.15, 0.2) is 41.3 Å². The summed E-state index contributed by atoms with van der Waals surface area (Å²) in [4.78, 5) is 30.6. The van der Waals surface area contributed by atoms with E-state index in [0.717, 1.165) is 37.5 Å². The predicted octanol–water partition coefficient (Wildman–Crippen LogP) is 1.44. The molecule has 2 aromatic heterocycles. The minimum Gasteiger partial charge on any atom is -0.478 e. The minimum absolute atomic E-state index is 0.000347. The molecule has 0 spiro atoms. The van der Waals surface area contributed by atoms with Gasteiger partial charge in [-0.25, -0.2) is 9.97 Å². The Morgan fingerprint density at radius 3 is 2.64 bits per heavy atom. The van der Waals surface area contributed by atoms with Gasteiger partial charge in [-0.1, -0.05) is 12.1 Å². The number of hydrogen-bond donors (Lipinski definition) is 0. The standard InChI is InChI=1S/C20H24N6O2/c1-3-28-18-8-9-21-20(23-18)26-12-10-25(11-13-26)14-17-22-16-7-5-4-6-15(16)19(27)24(17)2/h4-9H,3,10-14H2,1-2H3. The third kappa shape index (κ3) is 3.68. The van der Waals surface area contributed by atoms with Crippen LogP contribution in [-0.2, 0) is 13.6 Å². The minimum atomic E-state index is 0.000347. The van der Waals surface area contributed by atoms with Gasteiger partial charge in [-0.2, -0.15) is 4.98 Å². The summed E-state index contributed by atoms with van der Waals surface area (Å²) in [5.41, 5.74) is 0.751. The summed E-state index contributed by atoms with van der Waals surface area (Å²) in [6.45, 7) is 6.50. The van der Waals surface area contributed by atoms with Crippen LogP contribution in [0.25, 0.3) is 10.9 Å². The topological polar surface area (TPSA) is 76.4 Å². The van der Waals surface area contributed by atoms with Crippen LogP contribution in [0, 0.1) is 0 Å². The van der Waals surface area contributed by atoms with Crippen LogP contribution in [0.4, 0.5) is 5.95 Å². The van der Waals surface area contributed by atoms with E-state index in [2.05, 4.69) is 19.8 Å². The smallest absolute Gasteiger partial charge is 0.261 e. The van der Waals surface area contributed by atoms with Crippen molar-refractivity contribution in [2.75, 3.05) is 37.7 Å². The normalized spacial score (nSPS) is 15.1. The van der Waals surface area contributed by atoms with E-state index in [1.807, 2.05) is 31.2 Å². The summed E-state index contributed by atoms with van der Waals surface area (Å²) in [7, 11) is 1.79. The van der Waals surface area contributed by atoms with Crippen molar-refractivity contribution in [2.24, 2.45) is 7.05 Å². The van der Waals surface area contributed by atoms with Crippen LogP contribution < -0.4 is 15.2 Å². The molecule has 146 valence electrons. The number of piperazine rings is 1. The van der Waals surface area contributed by atoms with Crippen LogP contribution in [0.2, 0.25) is 0 Å². The highest BCUT2D eigenvalue weighted by Gasteiger charge is 2.21. The van der Waals surface area contributed by atoms with Crippen molar-refractivity contribution in [3.05, 3.63) is 52.7 Å². The zero-order valence-electron chi connectivity index (χ0n) is 16.2. The van der Waals surface area contributed by atoms with Gasteiger partial charge in [-0.05, 0) is 19.1 Å². The molecule has 0 unspecified atom stereocenters. The van der Waals surface area contributed by atoms with Crippen molar-refractivity contribution in [1.29, 1.82) is 0 Å². The molecule has 3 aromatic rings. The van der Waals surface area contributed by atoms with Gasteiger partial charge in [-0.15, -0.1) is 0 Å². The van der Waals surface area contributed by atoms with Gasteiger partial charge in [0, 0.05) is 45.5 Å². The van der Waals surface area contributed by atoms with Gasteiger partial charge >= 0.3 is 0 Å². The van der Waals surface area contributed by atoms with Gasteiger partial charge in [0.1, 0.15) is 5.82 Å². The maximum absolute atomic E-state index is 12.6. The Morgan fingerprint density at radius 2 is 1.86 bits per heavy atom. The maximum Gasteiger partial charge on any atom is 0.261 e. The maximum atomic E-state index is 12.6. The average molecular weight is 380 g/mol. The highest BCUT2D eigenvalue weighted by atomic mass is 16.5. The number of rotatable bonds is 5. The molecule has 1 aliphatic heterocycles. The molecule has 8 nitrogen and oxygen atoms in total. The second kappa shape index (κ2) is 7.93. The van der Waals surface area contributed by atoms with Crippen molar-refractivity contribution >= 4 is 16.9 Å². The largest absolute Gasteiger partial charge is 0.478 e. The summed E-state index contributed by atoms with van der Waals surface area (Å²) in [5, 5.41) is 0.657. The molecule has 1 aromatic carbocycles. The lowest BCUT2D eigenvalue weighted by molar-refractivity contribution is 0.239. The quantitative estimate of drug-likeness (QED) is 0.663. The van der Waals surface area contributed by atoms with E-state index in [-0.39, 0.29) is 5.56 Å². The first-order valence-electron chi connectivity index (χ1n) is 9.53. The molecule has 3 heterocycles. The Kier molecular flexibility index (Phi) is 5.21. The van der Waals surface area contributed by atoms with Crippen molar-refractivity contribution in [2.45, 2.75) is 13.5 Å². The number of ether oxygens (including phenoxy) is 1. The van der Waals surface area contributed by atoms with Gasteiger partial charge in [0.25, 0.3) is 5.56 Å². The zero-order valence-corrected chi connectivity index (χ0v) is 16.2. The molecule has 0 bridgehead atoms. The monoisotopic (exact) mass is 380 g/mol.